The van der Waals surface area contributed by atoms with E-state index in [0.717, 1.165) is 13.2 Å². The molecule has 2 aliphatic rings. The van der Waals surface area contributed by atoms with E-state index in [9.17, 15) is 0 Å². The monoisotopic (exact) mass is 149 g/mol. The predicted molar refractivity (Wildman–Crippen MR) is 44.0 cm³/mol. The Hall–Kier alpha value is -1.22. The summed E-state index contributed by atoms with van der Waals surface area (Å²) in [6, 6.07) is 0. The molecule has 58 valence electrons. The van der Waals surface area contributed by atoms with Gasteiger partial charge in [0.05, 0.1) is 0 Å². The van der Waals surface area contributed by atoms with Crippen molar-refractivity contribution in [3.63, 3.8) is 0 Å². The van der Waals surface area contributed by atoms with Crippen molar-refractivity contribution < 1.29 is 0 Å². The fourth-order valence-electron chi connectivity index (χ4n) is 1.28. The van der Waals surface area contributed by atoms with Crippen LogP contribution in [0.3, 0.4) is 0 Å². The summed E-state index contributed by atoms with van der Waals surface area (Å²) in [6.07, 6.45) is 10.2. The average Bonchev–Trinajstić information content (AvgIpc) is 2.04. The lowest BCUT2D eigenvalue weighted by Crippen LogP contribution is -2.41. The van der Waals surface area contributed by atoms with Crippen LogP contribution in [0.4, 0.5) is 0 Å². The van der Waals surface area contributed by atoms with E-state index in [1.807, 2.05) is 12.3 Å². The Morgan fingerprint density at radius 1 is 1.45 bits per heavy atom. The van der Waals surface area contributed by atoms with Crippen LogP contribution in [0.2, 0.25) is 0 Å². The number of fused-ring (bicyclic) bond motifs is 1. The molecule has 0 aromatic heterocycles. The fraction of sp³-hybridized carbons (Fsp3) is 0.250. The van der Waals surface area contributed by atoms with Gasteiger partial charge in [0.15, 0.2) is 0 Å². The molecule has 0 aromatic rings. The second-order valence-corrected chi connectivity index (χ2v) is 2.71. The second-order valence-electron chi connectivity index (χ2n) is 2.71. The number of hydrogen-bond donors (Lipinski definition) is 1. The molecule has 2 N–H and O–H groups in total. The first-order valence-electron chi connectivity index (χ1n) is 3.67. The van der Waals surface area contributed by atoms with Crippen LogP contribution in [0.15, 0.2) is 36.2 Å². The Kier molecular flexibility index (Phi) is 1.43. The van der Waals surface area contributed by atoms with Gasteiger partial charge in [-0.15, -0.1) is 0 Å². The van der Waals surface area contributed by atoms with E-state index in [1.54, 1.807) is 5.01 Å². The lowest BCUT2D eigenvalue weighted by Gasteiger charge is -2.33. The van der Waals surface area contributed by atoms with E-state index in [2.05, 4.69) is 23.1 Å². The molecule has 0 bridgehead atoms. The normalized spacial score (nSPS) is 21.7. The second kappa shape index (κ2) is 2.43. The van der Waals surface area contributed by atoms with Gasteiger partial charge >= 0.3 is 0 Å². The van der Waals surface area contributed by atoms with Crippen molar-refractivity contribution in [3.8, 4) is 0 Å². The van der Waals surface area contributed by atoms with E-state index in [4.69, 9.17) is 5.84 Å². The topological polar surface area (TPSA) is 32.5 Å². The predicted octanol–water partition coefficient (Wildman–Crippen LogP) is 0.403. The van der Waals surface area contributed by atoms with Gasteiger partial charge in [0.1, 0.15) is 6.67 Å². The van der Waals surface area contributed by atoms with Crippen LogP contribution in [-0.2, 0) is 0 Å². The number of hydrazine groups is 1. The molecule has 0 aliphatic carbocycles. The third kappa shape index (κ3) is 1.14. The highest BCUT2D eigenvalue weighted by atomic mass is 15.5. The highest BCUT2D eigenvalue weighted by molar-refractivity contribution is 5.28. The van der Waals surface area contributed by atoms with Crippen LogP contribution in [0.1, 0.15) is 0 Å². The molecule has 0 saturated heterocycles. The number of nitrogens with zero attached hydrogens (tertiary/aromatic N) is 2. The molecule has 2 rings (SSSR count). The van der Waals surface area contributed by atoms with Crippen LogP contribution in [0.5, 0.6) is 0 Å². The molecule has 0 spiro atoms. The van der Waals surface area contributed by atoms with Crippen molar-refractivity contribution in [2.45, 2.75) is 0 Å². The Bertz CT molecular complexity index is 240. The molecule has 0 fully saturated rings. The van der Waals surface area contributed by atoms with Crippen LogP contribution < -0.4 is 5.84 Å². The quantitative estimate of drug-likeness (QED) is 0.506. The standard InChI is InChI=1S/C8H11N3/c9-11-6-4-8-3-1-2-5-10(8)7-11/h1-4,6H,5,7,9H2. The number of allylic oxidation sites excluding steroid dienone is 3. The molecule has 3 nitrogen and oxygen atoms in total. The molecule has 0 aromatic carbocycles. The third-order valence-electron chi connectivity index (χ3n) is 1.86. The van der Waals surface area contributed by atoms with Gasteiger partial charge in [-0.3, -0.25) is 5.01 Å². The van der Waals surface area contributed by atoms with Gasteiger partial charge in [0.2, 0.25) is 0 Å². The van der Waals surface area contributed by atoms with Gasteiger partial charge in [-0.05, 0) is 12.2 Å². The van der Waals surface area contributed by atoms with Crippen LogP contribution in [-0.4, -0.2) is 23.1 Å². The highest BCUT2D eigenvalue weighted by Crippen LogP contribution is 2.14. The summed E-state index contributed by atoms with van der Waals surface area (Å²) in [5, 5.41) is 1.68. The summed E-state index contributed by atoms with van der Waals surface area (Å²) in [5.74, 6) is 5.60. The first kappa shape index (κ1) is 6.49. The summed E-state index contributed by atoms with van der Waals surface area (Å²) in [6.45, 7) is 1.75. The maximum absolute atomic E-state index is 5.60. The van der Waals surface area contributed by atoms with Crippen molar-refractivity contribution in [2.24, 2.45) is 5.84 Å². The largest absolute Gasteiger partial charge is 0.349 e. The van der Waals surface area contributed by atoms with Gasteiger partial charge in [0, 0.05) is 18.4 Å². The van der Waals surface area contributed by atoms with Crippen molar-refractivity contribution in [3.05, 3.63) is 36.2 Å². The van der Waals surface area contributed by atoms with Crippen molar-refractivity contribution in [1.82, 2.24) is 9.91 Å². The third-order valence-corrected chi connectivity index (χ3v) is 1.86. The lowest BCUT2D eigenvalue weighted by molar-refractivity contribution is 0.217. The minimum atomic E-state index is 0.784. The van der Waals surface area contributed by atoms with Gasteiger partial charge in [-0.2, -0.15) is 0 Å². The molecule has 0 atom stereocenters. The molecule has 0 saturated carbocycles. The van der Waals surface area contributed by atoms with Gasteiger partial charge in [-0.25, -0.2) is 5.84 Å². The smallest absolute Gasteiger partial charge is 0.105 e. The minimum absolute atomic E-state index is 0.784. The van der Waals surface area contributed by atoms with Gasteiger partial charge in [0.25, 0.3) is 0 Å². The highest BCUT2D eigenvalue weighted by Gasteiger charge is 2.12. The summed E-state index contributed by atoms with van der Waals surface area (Å²) in [7, 11) is 0. The Balaban J connectivity index is 2.24. The molecule has 3 heteroatoms. The maximum Gasteiger partial charge on any atom is 0.105 e. The summed E-state index contributed by atoms with van der Waals surface area (Å²) in [4.78, 5) is 2.21. The van der Waals surface area contributed by atoms with Gasteiger partial charge < -0.3 is 4.90 Å². The van der Waals surface area contributed by atoms with Crippen molar-refractivity contribution in [2.75, 3.05) is 13.2 Å². The molecule has 11 heavy (non-hydrogen) atoms. The molecule has 0 amide bonds. The molecule has 0 radical (unpaired) electrons. The zero-order valence-corrected chi connectivity index (χ0v) is 6.27. The Morgan fingerprint density at radius 2 is 2.36 bits per heavy atom. The average molecular weight is 149 g/mol. The van der Waals surface area contributed by atoms with E-state index >= 15 is 0 Å². The van der Waals surface area contributed by atoms with E-state index < -0.39 is 0 Å². The first-order chi connectivity index (χ1) is 5.36. The molecule has 2 aliphatic heterocycles. The van der Waals surface area contributed by atoms with Crippen molar-refractivity contribution >= 4 is 0 Å². The van der Waals surface area contributed by atoms with E-state index in [0.29, 0.717) is 0 Å². The molecular formula is C8H11N3. The first-order valence-corrected chi connectivity index (χ1v) is 3.67. The van der Waals surface area contributed by atoms with Crippen LogP contribution in [0.25, 0.3) is 0 Å². The molecular weight excluding hydrogens is 138 g/mol. The van der Waals surface area contributed by atoms with Crippen LogP contribution in [0, 0.1) is 0 Å². The Labute approximate surface area is 66.0 Å². The molecule has 0 unspecified atom stereocenters. The fourth-order valence-corrected chi connectivity index (χ4v) is 1.28. The van der Waals surface area contributed by atoms with Crippen LogP contribution >= 0.6 is 0 Å². The van der Waals surface area contributed by atoms with E-state index in [1.165, 1.54) is 5.70 Å². The number of nitrogens with two attached hydrogens (primary N) is 1. The lowest BCUT2D eigenvalue weighted by atomic mass is 10.2. The zero-order chi connectivity index (χ0) is 7.68. The SMILES string of the molecule is NN1C=CC2=CC=CCN2C1. The number of hydrogen-bond acceptors (Lipinski definition) is 3. The summed E-state index contributed by atoms with van der Waals surface area (Å²) < 4.78 is 0. The molecule has 2 heterocycles. The Morgan fingerprint density at radius 3 is 3.27 bits per heavy atom. The van der Waals surface area contributed by atoms with Gasteiger partial charge in [-0.1, -0.05) is 12.2 Å². The van der Waals surface area contributed by atoms with E-state index in [-0.39, 0.29) is 0 Å². The summed E-state index contributed by atoms with van der Waals surface area (Å²) >= 11 is 0. The van der Waals surface area contributed by atoms with Crippen molar-refractivity contribution in [1.29, 1.82) is 0 Å². The zero-order valence-electron chi connectivity index (χ0n) is 6.27. The number of rotatable bonds is 0. The maximum atomic E-state index is 5.60. The summed E-state index contributed by atoms with van der Waals surface area (Å²) in [5.41, 5.74) is 1.24. The minimum Gasteiger partial charge on any atom is -0.349 e.